The first-order valence-electron chi connectivity index (χ1n) is 12.2. The van der Waals surface area contributed by atoms with Crippen LogP contribution in [-0.4, -0.2) is 42.5 Å². The molecule has 2 aliphatic rings. The molecule has 1 saturated heterocycles. The quantitative estimate of drug-likeness (QED) is 0.380. The molecule has 0 radical (unpaired) electrons. The lowest BCUT2D eigenvalue weighted by Crippen LogP contribution is -2.39. The van der Waals surface area contributed by atoms with Gasteiger partial charge in [0.2, 0.25) is 10.0 Å². The highest BCUT2D eigenvalue weighted by molar-refractivity contribution is 7.98. The van der Waals surface area contributed by atoms with Crippen LogP contribution < -0.4 is 4.74 Å². The minimum absolute atomic E-state index is 0.356. The summed E-state index contributed by atoms with van der Waals surface area (Å²) in [5.41, 5.74) is 2.98. The van der Waals surface area contributed by atoms with Crippen molar-refractivity contribution in [3.05, 3.63) is 48.0 Å². The molecule has 182 valence electrons. The van der Waals surface area contributed by atoms with E-state index in [1.807, 2.05) is 18.2 Å². The number of piperidine rings is 1. The van der Waals surface area contributed by atoms with Crippen molar-refractivity contribution in [2.45, 2.75) is 67.3 Å². The number of aromatic nitrogens is 2. The number of methoxy groups -OCH3 is 1. The number of fused-ring (bicyclic) bond motifs is 1. The predicted molar refractivity (Wildman–Crippen MR) is 137 cm³/mol. The highest BCUT2D eigenvalue weighted by atomic mass is 32.2. The van der Waals surface area contributed by atoms with Crippen LogP contribution in [-0.2, 0) is 15.8 Å². The van der Waals surface area contributed by atoms with Gasteiger partial charge in [0.25, 0.3) is 0 Å². The fourth-order valence-electron chi connectivity index (χ4n) is 5.26. The number of imidazole rings is 1. The van der Waals surface area contributed by atoms with Crippen molar-refractivity contribution in [1.29, 1.82) is 0 Å². The zero-order chi connectivity index (χ0) is 23.7. The standard InChI is InChI=1S/C26H33N3O3S2/c1-19-7-6-14-28(17-19)34(30,31)23-12-13-25-24(16-23)27-26(29(25)21-9-3-4-10-21)33-18-20-8-5-11-22(15-20)32-2/h5,8,11-13,15-16,19,21H,3-4,6-7,9-10,14,17-18H2,1-2H3/t19-/m0/s1. The summed E-state index contributed by atoms with van der Waals surface area (Å²) in [6.07, 6.45) is 6.75. The molecule has 0 spiro atoms. The first-order chi connectivity index (χ1) is 16.5. The molecule has 2 aromatic carbocycles. The largest absolute Gasteiger partial charge is 0.497 e. The monoisotopic (exact) mass is 499 g/mol. The first-order valence-corrected chi connectivity index (χ1v) is 14.7. The highest BCUT2D eigenvalue weighted by Crippen LogP contribution is 2.38. The van der Waals surface area contributed by atoms with Crippen molar-refractivity contribution >= 4 is 32.8 Å². The topological polar surface area (TPSA) is 64.4 Å². The summed E-state index contributed by atoms with van der Waals surface area (Å²) in [5, 5.41) is 0.964. The maximum Gasteiger partial charge on any atom is 0.243 e. The number of rotatable bonds is 7. The average molecular weight is 500 g/mol. The minimum atomic E-state index is -3.51. The number of hydrogen-bond acceptors (Lipinski definition) is 5. The summed E-state index contributed by atoms with van der Waals surface area (Å²) >= 11 is 1.71. The van der Waals surface area contributed by atoms with Gasteiger partial charge in [0.1, 0.15) is 5.75 Å². The molecule has 1 saturated carbocycles. The van der Waals surface area contributed by atoms with Gasteiger partial charge in [0, 0.05) is 24.9 Å². The van der Waals surface area contributed by atoms with E-state index in [4.69, 9.17) is 9.72 Å². The lowest BCUT2D eigenvalue weighted by molar-refractivity contribution is 0.281. The smallest absolute Gasteiger partial charge is 0.243 e. The SMILES string of the molecule is COc1cccc(CSc2nc3cc(S(=O)(=O)N4CCC[C@H](C)C4)ccc3n2C2CCCC2)c1. The Labute approximate surface area is 206 Å². The van der Waals surface area contributed by atoms with Crippen LogP contribution in [0.4, 0.5) is 0 Å². The van der Waals surface area contributed by atoms with E-state index in [0.717, 1.165) is 53.4 Å². The highest BCUT2D eigenvalue weighted by Gasteiger charge is 2.30. The van der Waals surface area contributed by atoms with E-state index < -0.39 is 10.0 Å². The van der Waals surface area contributed by atoms with Gasteiger partial charge < -0.3 is 9.30 Å². The first kappa shape index (κ1) is 23.7. The molecule has 6 nitrogen and oxygen atoms in total. The molecule has 0 amide bonds. The predicted octanol–water partition coefficient (Wildman–Crippen LogP) is 5.87. The summed E-state index contributed by atoms with van der Waals surface area (Å²) in [7, 11) is -1.83. The van der Waals surface area contributed by atoms with Crippen LogP contribution in [0.15, 0.2) is 52.5 Å². The summed E-state index contributed by atoms with van der Waals surface area (Å²) < 4.78 is 36.1. The average Bonchev–Trinajstić information content (AvgIpc) is 3.49. The number of hydrogen-bond donors (Lipinski definition) is 0. The molecule has 5 rings (SSSR count). The maximum atomic E-state index is 13.4. The van der Waals surface area contributed by atoms with Gasteiger partial charge in [0.05, 0.1) is 23.0 Å². The fraction of sp³-hybridized carbons (Fsp3) is 0.500. The number of nitrogens with zero attached hydrogens (tertiary/aromatic N) is 3. The summed E-state index contributed by atoms with van der Waals surface area (Å²) in [4.78, 5) is 5.32. The molecule has 0 bridgehead atoms. The number of benzene rings is 2. The van der Waals surface area contributed by atoms with Gasteiger partial charge in [-0.2, -0.15) is 4.31 Å². The Morgan fingerprint density at radius 3 is 2.68 bits per heavy atom. The van der Waals surface area contributed by atoms with Crippen LogP contribution in [0.3, 0.4) is 0 Å². The van der Waals surface area contributed by atoms with E-state index >= 15 is 0 Å². The van der Waals surface area contributed by atoms with Gasteiger partial charge in [-0.3, -0.25) is 0 Å². The summed E-state index contributed by atoms with van der Waals surface area (Å²) in [6, 6.07) is 14.1. The molecule has 1 aliphatic carbocycles. The van der Waals surface area contributed by atoms with Crippen molar-refractivity contribution < 1.29 is 13.2 Å². The Bertz CT molecular complexity index is 1270. The van der Waals surface area contributed by atoms with Gasteiger partial charge in [-0.1, -0.05) is 43.7 Å². The van der Waals surface area contributed by atoms with Crippen LogP contribution >= 0.6 is 11.8 Å². The molecule has 0 unspecified atom stereocenters. The Kier molecular flexibility index (Phi) is 6.91. The third-order valence-electron chi connectivity index (χ3n) is 7.08. The second-order valence-corrected chi connectivity index (χ2v) is 12.5. The molecule has 1 aliphatic heterocycles. The number of ether oxygens (including phenoxy) is 1. The lowest BCUT2D eigenvalue weighted by Gasteiger charge is -2.30. The second kappa shape index (κ2) is 9.91. The van der Waals surface area contributed by atoms with Crippen molar-refractivity contribution in [1.82, 2.24) is 13.9 Å². The molecule has 2 heterocycles. The van der Waals surface area contributed by atoms with Crippen molar-refractivity contribution in [2.75, 3.05) is 20.2 Å². The molecular formula is C26H33N3O3S2. The second-order valence-electron chi connectivity index (χ2n) is 9.60. The zero-order valence-electron chi connectivity index (χ0n) is 19.9. The Hall–Kier alpha value is -2.03. The summed E-state index contributed by atoms with van der Waals surface area (Å²) in [5.74, 6) is 2.03. The van der Waals surface area contributed by atoms with Crippen molar-refractivity contribution in [2.24, 2.45) is 5.92 Å². The lowest BCUT2D eigenvalue weighted by atomic mass is 10.0. The molecule has 34 heavy (non-hydrogen) atoms. The van der Waals surface area contributed by atoms with Gasteiger partial charge in [-0.05, 0) is 67.5 Å². The van der Waals surface area contributed by atoms with E-state index in [1.165, 1.54) is 18.4 Å². The molecule has 3 aromatic rings. The molecule has 8 heteroatoms. The van der Waals surface area contributed by atoms with E-state index in [-0.39, 0.29) is 0 Å². The number of thioether (sulfide) groups is 1. The van der Waals surface area contributed by atoms with Crippen molar-refractivity contribution in [3.8, 4) is 5.75 Å². The van der Waals surface area contributed by atoms with Crippen LogP contribution in [0.5, 0.6) is 5.75 Å². The minimum Gasteiger partial charge on any atom is -0.497 e. The molecule has 1 atom stereocenters. The molecule has 0 N–H and O–H groups in total. The third-order valence-corrected chi connectivity index (χ3v) is 9.96. The Morgan fingerprint density at radius 2 is 1.91 bits per heavy atom. The van der Waals surface area contributed by atoms with Crippen LogP contribution in [0, 0.1) is 5.92 Å². The van der Waals surface area contributed by atoms with E-state index in [2.05, 4.69) is 23.6 Å². The van der Waals surface area contributed by atoms with E-state index in [0.29, 0.717) is 29.9 Å². The van der Waals surface area contributed by atoms with Crippen LogP contribution in [0.2, 0.25) is 0 Å². The normalized spacial score (nSPS) is 20.2. The Balaban J connectivity index is 1.48. The maximum absolute atomic E-state index is 13.4. The van der Waals surface area contributed by atoms with Gasteiger partial charge in [-0.25, -0.2) is 13.4 Å². The van der Waals surface area contributed by atoms with Gasteiger partial charge in [-0.15, -0.1) is 0 Å². The third kappa shape index (κ3) is 4.72. The zero-order valence-corrected chi connectivity index (χ0v) is 21.6. The number of sulfonamides is 1. The fourth-order valence-corrected chi connectivity index (χ4v) is 7.90. The van der Waals surface area contributed by atoms with E-state index in [9.17, 15) is 8.42 Å². The van der Waals surface area contributed by atoms with Gasteiger partial charge >= 0.3 is 0 Å². The summed E-state index contributed by atoms with van der Waals surface area (Å²) in [6.45, 7) is 3.32. The molecule has 1 aromatic heterocycles. The molecular weight excluding hydrogens is 466 g/mol. The van der Waals surface area contributed by atoms with E-state index in [1.54, 1.807) is 35.3 Å². The van der Waals surface area contributed by atoms with Crippen LogP contribution in [0.25, 0.3) is 11.0 Å². The Morgan fingerprint density at radius 1 is 1.09 bits per heavy atom. The molecule has 2 fully saturated rings. The van der Waals surface area contributed by atoms with Crippen LogP contribution in [0.1, 0.15) is 57.1 Å². The van der Waals surface area contributed by atoms with Crippen molar-refractivity contribution in [3.63, 3.8) is 0 Å². The van der Waals surface area contributed by atoms with Gasteiger partial charge in [0.15, 0.2) is 5.16 Å².